The Hall–Kier alpha value is -3.54. The number of non-ortho nitro benzene ring substituents is 1. The number of nitrogens with zero attached hydrogens (tertiary/aromatic N) is 3. The Kier molecular flexibility index (Phi) is 12.2. The van der Waals surface area contributed by atoms with Gasteiger partial charge in [0.15, 0.2) is 5.97 Å². The highest BCUT2D eigenvalue weighted by molar-refractivity contribution is 6.26. The van der Waals surface area contributed by atoms with E-state index in [1.54, 1.807) is 4.90 Å². The molecule has 2 rings (SSSR count). The first kappa shape index (κ1) is 28.5. The summed E-state index contributed by atoms with van der Waals surface area (Å²) in [6.07, 6.45) is 3.15. The molecular formula is C22H32N4O8. The minimum Gasteiger partial charge on any atom is -0.539 e. The molecule has 188 valence electrons. The van der Waals surface area contributed by atoms with Crippen molar-refractivity contribution in [3.05, 3.63) is 39.9 Å². The molecule has 0 atom stereocenters. The van der Waals surface area contributed by atoms with Crippen molar-refractivity contribution in [3.63, 3.8) is 0 Å². The van der Waals surface area contributed by atoms with Gasteiger partial charge < -0.3 is 29.7 Å². The molecule has 0 unspecified atom stereocenters. The number of piperidine rings is 1. The van der Waals surface area contributed by atoms with Gasteiger partial charge in [0.05, 0.1) is 31.1 Å². The third kappa shape index (κ3) is 9.53. The zero-order valence-electron chi connectivity index (χ0n) is 19.5. The Labute approximate surface area is 197 Å². The van der Waals surface area contributed by atoms with E-state index in [9.17, 15) is 19.7 Å². The second-order valence-electron chi connectivity index (χ2n) is 7.77. The van der Waals surface area contributed by atoms with E-state index in [-0.39, 0.29) is 24.0 Å². The third-order valence-electron chi connectivity index (χ3n) is 5.56. The molecule has 2 N–H and O–H groups in total. The van der Waals surface area contributed by atoms with Gasteiger partial charge in [0.25, 0.3) is 11.6 Å². The molecular weight excluding hydrogens is 448 g/mol. The summed E-state index contributed by atoms with van der Waals surface area (Å²) in [6.45, 7) is 8.90. The van der Waals surface area contributed by atoms with Gasteiger partial charge in [0.1, 0.15) is 6.54 Å². The van der Waals surface area contributed by atoms with E-state index in [2.05, 4.69) is 13.8 Å². The van der Waals surface area contributed by atoms with E-state index in [1.807, 2.05) is 4.90 Å². The van der Waals surface area contributed by atoms with Crippen LogP contribution >= 0.6 is 0 Å². The smallest absolute Gasteiger partial charge is 0.351 e. The molecule has 0 bridgehead atoms. The van der Waals surface area contributed by atoms with E-state index < -0.39 is 16.9 Å². The highest BCUT2D eigenvalue weighted by atomic mass is 16.6. The van der Waals surface area contributed by atoms with Crippen molar-refractivity contribution in [3.8, 4) is 0 Å². The zero-order valence-corrected chi connectivity index (χ0v) is 19.5. The van der Waals surface area contributed by atoms with Crippen molar-refractivity contribution in [2.45, 2.75) is 33.1 Å². The second-order valence-corrected chi connectivity index (χ2v) is 7.77. The molecule has 2 amide bonds. The van der Waals surface area contributed by atoms with Crippen LogP contribution in [0.1, 0.15) is 43.5 Å². The molecule has 1 aromatic carbocycles. The van der Waals surface area contributed by atoms with E-state index in [0.717, 1.165) is 52.0 Å². The topological polar surface area (TPSA) is 166 Å². The number of nitro groups is 1. The first-order valence-corrected chi connectivity index (χ1v) is 11.2. The second kappa shape index (κ2) is 14.6. The number of aliphatic carboxylic acids is 2. The number of nitrogens with one attached hydrogen (secondary N) is 1. The van der Waals surface area contributed by atoms with Gasteiger partial charge in [0, 0.05) is 30.8 Å². The van der Waals surface area contributed by atoms with E-state index in [0.29, 0.717) is 12.1 Å². The van der Waals surface area contributed by atoms with E-state index >= 15 is 0 Å². The molecule has 1 aliphatic heterocycles. The molecule has 1 saturated heterocycles. The molecule has 1 aromatic rings. The van der Waals surface area contributed by atoms with Gasteiger partial charge in [-0.2, -0.15) is 0 Å². The average Bonchev–Trinajstić information content (AvgIpc) is 2.84. The Balaban J connectivity index is 0.000000852. The molecule has 34 heavy (non-hydrogen) atoms. The van der Waals surface area contributed by atoms with Crippen molar-refractivity contribution >= 4 is 29.4 Å². The standard InChI is InChI=1S/C20H30N4O4.C2H2O4/c1-3-21(4-2)14-15-23(16-19(25)22-12-6-5-7-13-22)20(26)17-8-10-18(11-9-17)24(27)28;3-1(4)2(5)6/h8-11H,3-7,12-16H2,1-2H3;(H,3,4)(H,5,6). The van der Waals surface area contributed by atoms with Gasteiger partial charge in [-0.15, -0.1) is 0 Å². The number of hydrogen-bond acceptors (Lipinski definition) is 7. The number of likely N-dealkylation sites (tertiary alicyclic amines) is 1. The number of benzene rings is 1. The Morgan fingerprint density at radius 1 is 1.06 bits per heavy atom. The number of carbonyl (C=O) groups is 4. The number of nitro benzene ring substituents is 1. The molecule has 1 fully saturated rings. The maximum atomic E-state index is 13.0. The zero-order chi connectivity index (χ0) is 25.7. The summed E-state index contributed by atoms with van der Waals surface area (Å²) in [4.78, 5) is 58.9. The van der Waals surface area contributed by atoms with Gasteiger partial charge in [0.2, 0.25) is 5.91 Å². The summed E-state index contributed by atoms with van der Waals surface area (Å²) in [6, 6.07) is 5.58. The third-order valence-corrected chi connectivity index (χ3v) is 5.56. The van der Waals surface area contributed by atoms with Crippen LogP contribution in [-0.4, -0.2) is 89.4 Å². The van der Waals surface area contributed by atoms with Crippen molar-refractivity contribution in [1.29, 1.82) is 0 Å². The number of carbonyl (C=O) groups excluding carboxylic acids is 3. The number of carboxylic acids is 2. The summed E-state index contributed by atoms with van der Waals surface area (Å²) in [5.74, 6) is -4.29. The lowest BCUT2D eigenvalue weighted by Crippen LogP contribution is -3.12. The van der Waals surface area contributed by atoms with Gasteiger partial charge >= 0.3 is 5.97 Å². The van der Waals surface area contributed by atoms with Crippen LogP contribution in [0.5, 0.6) is 0 Å². The maximum absolute atomic E-state index is 13.0. The van der Waals surface area contributed by atoms with Gasteiger partial charge in [-0.3, -0.25) is 19.7 Å². The lowest BCUT2D eigenvalue weighted by molar-refractivity contribution is -0.895. The van der Waals surface area contributed by atoms with Gasteiger partial charge in [-0.25, -0.2) is 4.79 Å². The highest BCUT2D eigenvalue weighted by Crippen LogP contribution is 2.14. The summed E-state index contributed by atoms with van der Waals surface area (Å²) >= 11 is 0. The van der Waals surface area contributed by atoms with E-state index in [1.165, 1.54) is 29.2 Å². The van der Waals surface area contributed by atoms with Crippen LogP contribution in [0.2, 0.25) is 0 Å². The Morgan fingerprint density at radius 3 is 2.03 bits per heavy atom. The molecule has 0 aliphatic carbocycles. The maximum Gasteiger partial charge on any atom is 0.351 e. The van der Waals surface area contributed by atoms with Crippen molar-refractivity contribution in [2.24, 2.45) is 0 Å². The van der Waals surface area contributed by atoms with E-state index in [4.69, 9.17) is 19.8 Å². The van der Waals surface area contributed by atoms with Crippen LogP contribution in [0.3, 0.4) is 0 Å². The molecule has 0 radical (unpaired) electrons. The summed E-state index contributed by atoms with van der Waals surface area (Å²) in [5, 5.41) is 27.2. The number of quaternary nitrogens is 1. The lowest BCUT2D eigenvalue weighted by Gasteiger charge is -2.30. The predicted octanol–water partition coefficient (Wildman–Crippen LogP) is -1.20. The van der Waals surface area contributed by atoms with Crippen LogP contribution in [0.15, 0.2) is 24.3 Å². The minimum absolute atomic E-state index is 0.0236. The van der Waals surface area contributed by atoms with Crippen molar-refractivity contribution < 1.29 is 39.2 Å². The molecule has 1 heterocycles. The first-order valence-electron chi connectivity index (χ1n) is 11.2. The molecule has 0 spiro atoms. The molecule has 0 aromatic heterocycles. The number of carboxylic acid groups (broad SMARTS) is 2. The monoisotopic (exact) mass is 480 g/mol. The highest BCUT2D eigenvalue weighted by Gasteiger charge is 2.24. The molecule has 12 nitrogen and oxygen atoms in total. The normalized spacial score (nSPS) is 13.0. The molecule has 12 heteroatoms. The Morgan fingerprint density at radius 2 is 1.59 bits per heavy atom. The summed E-state index contributed by atoms with van der Waals surface area (Å²) < 4.78 is 0. The average molecular weight is 481 g/mol. The largest absolute Gasteiger partial charge is 0.539 e. The molecule has 0 saturated carbocycles. The fourth-order valence-electron chi connectivity index (χ4n) is 3.46. The quantitative estimate of drug-likeness (QED) is 0.252. The van der Waals surface area contributed by atoms with Crippen LogP contribution < -0.4 is 10.0 Å². The van der Waals surface area contributed by atoms with Crippen LogP contribution in [0.25, 0.3) is 0 Å². The van der Waals surface area contributed by atoms with Crippen LogP contribution in [0, 0.1) is 10.1 Å². The predicted molar refractivity (Wildman–Crippen MR) is 119 cm³/mol. The number of hydrogen-bond donors (Lipinski definition) is 2. The summed E-state index contributed by atoms with van der Waals surface area (Å²) in [7, 11) is 0. The summed E-state index contributed by atoms with van der Waals surface area (Å²) in [5.41, 5.74) is 0.312. The van der Waals surface area contributed by atoms with Crippen molar-refractivity contribution in [2.75, 3.05) is 45.8 Å². The number of likely N-dealkylation sites (N-methyl/N-ethyl adjacent to an activating group) is 1. The Bertz CT molecular complexity index is 837. The van der Waals surface area contributed by atoms with Crippen LogP contribution in [0.4, 0.5) is 5.69 Å². The number of rotatable bonds is 9. The first-order chi connectivity index (χ1) is 16.1. The fraction of sp³-hybridized carbons (Fsp3) is 0.545. The van der Waals surface area contributed by atoms with Crippen LogP contribution in [-0.2, 0) is 14.4 Å². The fourth-order valence-corrected chi connectivity index (χ4v) is 3.46. The van der Waals surface area contributed by atoms with Gasteiger partial charge in [-0.1, -0.05) is 0 Å². The minimum atomic E-state index is -2.07. The van der Waals surface area contributed by atoms with Crippen molar-refractivity contribution in [1.82, 2.24) is 9.80 Å². The lowest BCUT2D eigenvalue weighted by atomic mass is 10.1. The number of amides is 2. The van der Waals surface area contributed by atoms with Gasteiger partial charge in [-0.05, 0) is 45.2 Å². The SMILES string of the molecule is CC[NH+](CC)CCN(CC(=O)N1CCCCC1)C(=O)c1ccc([N+](=O)[O-])cc1.O=C([O-])C(=O)O. The molecule has 1 aliphatic rings.